The number of rotatable bonds is 1. The van der Waals surface area contributed by atoms with E-state index in [-0.39, 0.29) is 6.03 Å². The fraction of sp³-hybridized carbons (Fsp3) is 0.643. The Balaban J connectivity index is 1.57. The Morgan fingerprint density at radius 1 is 1.33 bits per heavy atom. The zero-order chi connectivity index (χ0) is 12.4. The molecular weight excluding hydrogens is 226 g/mol. The van der Waals surface area contributed by atoms with Gasteiger partial charge >= 0.3 is 6.03 Å². The summed E-state index contributed by atoms with van der Waals surface area (Å²) in [5, 5.41) is 3.19. The summed E-state index contributed by atoms with van der Waals surface area (Å²) in [4.78, 5) is 17.4. The summed E-state index contributed by atoms with van der Waals surface area (Å²) in [6.07, 6.45) is 9.04. The Hall–Kier alpha value is -1.45. The largest absolute Gasteiger partial charge is 0.365 e. The Labute approximate surface area is 108 Å². The van der Waals surface area contributed by atoms with E-state index in [0.29, 0.717) is 6.04 Å². The molecule has 0 aromatic carbocycles. The minimum absolute atomic E-state index is 0.119. The molecule has 0 spiro atoms. The van der Waals surface area contributed by atoms with Gasteiger partial charge in [-0.05, 0) is 24.5 Å². The maximum Gasteiger partial charge on any atom is 0.317 e. The van der Waals surface area contributed by atoms with Crippen molar-refractivity contribution in [3.05, 3.63) is 23.5 Å². The van der Waals surface area contributed by atoms with Gasteiger partial charge in [0.05, 0.1) is 0 Å². The molecule has 0 radical (unpaired) electrons. The van der Waals surface area contributed by atoms with Gasteiger partial charge in [-0.3, -0.25) is 0 Å². The van der Waals surface area contributed by atoms with Crippen LogP contribution in [0.15, 0.2) is 12.3 Å². The van der Waals surface area contributed by atoms with Gasteiger partial charge in [0.1, 0.15) is 0 Å². The van der Waals surface area contributed by atoms with Crippen molar-refractivity contribution in [3.8, 4) is 0 Å². The maximum absolute atomic E-state index is 12.2. The monoisotopic (exact) mass is 247 g/mol. The lowest BCUT2D eigenvalue weighted by molar-refractivity contribution is 0.184. The van der Waals surface area contributed by atoms with Crippen LogP contribution in [0.2, 0.25) is 0 Å². The van der Waals surface area contributed by atoms with E-state index in [0.717, 1.165) is 32.4 Å². The van der Waals surface area contributed by atoms with Crippen LogP contribution in [0.4, 0.5) is 4.79 Å². The van der Waals surface area contributed by atoms with E-state index < -0.39 is 0 Å². The van der Waals surface area contributed by atoms with Crippen LogP contribution < -0.4 is 5.32 Å². The van der Waals surface area contributed by atoms with E-state index in [1.54, 1.807) is 0 Å². The third-order valence-corrected chi connectivity index (χ3v) is 4.14. The Morgan fingerprint density at radius 3 is 3.00 bits per heavy atom. The summed E-state index contributed by atoms with van der Waals surface area (Å²) in [6, 6.07) is 2.60. The van der Waals surface area contributed by atoms with Crippen molar-refractivity contribution in [1.82, 2.24) is 15.2 Å². The molecule has 18 heavy (non-hydrogen) atoms. The minimum Gasteiger partial charge on any atom is -0.365 e. The maximum atomic E-state index is 12.2. The van der Waals surface area contributed by atoms with Gasteiger partial charge in [-0.1, -0.05) is 19.3 Å². The van der Waals surface area contributed by atoms with Crippen LogP contribution in [-0.2, 0) is 13.0 Å². The molecule has 2 heterocycles. The summed E-state index contributed by atoms with van der Waals surface area (Å²) in [5.41, 5.74) is 2.55. The molecule has 1 aliphatic heterocycles. The van der Waals surface area contributed by atoms with Crippen molar-refractivity contribution in [2.45, 2.75) is 51.1 Å². The topological polar surface area (TPSA) is 48.1 Å². The van der Waals surface area contributed by atoms with E-state index in [4.69, 9.17) is 0 Å². The fourth-order valence-electron chi connectivity index (χ4n) is 3.03. The van der Waals surface area contributed by atoms with E-state index in [1.165, 1.54) is 30.5 Å². The SMILES string of the molecule is O=C(NC1CCCCC1)N1CCc2[nH]ccc2C1. The first-order valence-corrected chi connectivity index (χ1v) is 7.03. The molecule has 2 N–H and O–H groups in total. The zero-order valence-corrected chi connectivity index (χ0v) is 10.7. The molecule has 2 amide bonds. The van der Waals surface area contributed by atoms with E-state index in [2.05, 4.69) is 16.4 Å². The van der Waals surface area contributed by atoms with Crippen LogP contribution in [0.3, 0.4) is 0 Å². The number of carbonyl (C=O) groups excluding carboxylic acids is 1. The van der Waals surface area contributed by atoms with Crippen molar-refractivity contribution >= 4 is 6.03 Å². The highest BCUT2D eigenvalue weighted by Crippen LogP contribution is 2.20. The molecule has 4 heteroatoms. The molecule has 1 aliphatic carbocycles. The second kappa shape index (κ2) is 5.04. The highest BCUT2D eigenvalue weighted by Gasteiger charge is 2.23. The number of nitrogens with zero attached hydrogens (tertiary/aromatic N) is 1. The Morgan fingerprint density at radius 2 is 2.17 bits per heavy atom. The number of carbonyl (C=O) groups is 1. The van der Waals surface area contributed by atoms with E-state index in [9.17, 15) is 4.79 Å². The van der Waals surface area contributed by atoms with Gasteiger partial charge in [0.15, 0.2) is 0 Å². The molecular formula is C14H21N3O. The van der Waals surface area contributed by atoms with Crippen LogP contribution in [-0.4, -0.2) is 28.5 Å². The molecule has 1 aromatic rings. The molecule has 2 aliphatic rings. The van der Waals surface area contributed by atoms with Crippen molar-refractivity contribution in [2.75, 3.05) is 6.54 Å². The van der Waals surface area contributed by atoms with Gasteiger partial charge in [0, 0.05) is 37.4 Å². The van der Waals surface area contributed by atoms with Gasteiger partial charge in [0.25, 0.3) is 0 Å². The first-order chi connectivity index (χ1) is 8.83. The van der Waals surface area contributed by atoms with Gasteiger partial charge in [-0.2, -0.15) is 0 Å². The number of aromatic nitrogens is 1. The van der Waals surface area contributed by atoms with Crippen molar-refractivity contribution in [1.29, 1.82) is 0 Å². The number of hydrogen-bond acceptors (Lipinski definition) is 1. The third kappa shape index (κ3) is 2.37. The number of amides is 2. The summed E-state index contributed by atoms with van der Waals surface area (Å²) in [7, 11) is 0. The van der Waals surface area contributed by atoms with Crippen molar-refractivity contribution < 1.29 is 4.79 Å². The molecule has 0 bridgehead atoms. The van der Waals surface area contributed by atoms with Crippen LogP contribution in [0.5, 0.6) is 0 Å². The smallest absolute Gasteiger partial charge is 0.317 e. The number of aromatic amines is 1. The first kappa shape index (κ1) is 11.6. The molecule has 0 saturated heterocycles. The average molecular weight is 247 g/mol. The fourth-order valence-corrected chi connectivity index (χ4v) is 3.03. The standard InChI is InChI=1S/C14H21N3O/c18-14(16-12-4-2-1-3-5-12)17-9-7-13-11(10-17)6-8-15-13/h6,8,12,15H,1-5,7,9-10H2,(H,16,18). The number of H-pyrrole nitrogens is 1. The molecule has 4 nitrogen and oxygen atoms in total. The first-order valence-electron chi connectivity index (χ1n) is 7.03. The molecule has 0 atom stereocenters. The predicted octanol–water partition coefficient (Wildman–Crippen LogP) is 2.42. The van der Waals surface area contributed by atoms with E-state index in [1.807, 2.05) is 11.1 Å². The summed E-state index contributed by atoms with van der Waals surface area (Å²) in [5.74, 6) is 0. The predicted molar refractivity (Wildman–Crippen MR) is 70.3 cm³/mol. The lowest BCUT2D eigenvalue weighted by Gasteiger charge is -2.30. The molecule has 1 saturated carbocycles. The lowest BCUT2D eigenvalue weighted by atomic mass is 9.96. The number of hydrogen-bond donors (Lipinski definition) is 2. The minimum atomic E-state index is 0.119. The number of fused-ring (bicyclic) bond motifs is 1. The number of urea groups is 1. The van der Waals surface area contributed by atoms with Gasteiger partial charge in [-0.15, -0.1) is 0 Å². The summed E-state index contributed by atoms with van der Waals surface area (Å²) < 4.78 is 0. The van der Waals surface area contributed by atoms with Crippen LogP contribution in [0.1, 0.15) is 43.4 Å². The van der Waals surface area contributed by atoms with Crippen LogP contribution in [0, 0.1) is 0 Å². The van der Waals surface area contributed by atoms with Crippen LogP contribution >= 0.6 is 0 Å². The molecule has 98 valence electrons. The average Bonchev–Trinajstić information content (AvgIpc) is 2.87. The Bertz CT molecular complexity index is 420. The van der Waals surface area contributed by atoms with Gasteiger partial charge in [-0.25, -0.2) is 4.79 Å². The van der Waals surface area contributed by atoms with Crippen molar-refractivity contribution in [3.63, 3.8) is 0 Å². The van der Waals surface area contributed by atoms with Crippen molar-refractivity contribution in [2.24, 2.45) is 0 Å². The molecule has 0 unspecified atom stereocenters. The van der Waals surface area contributed by atoms with Gasteiger partial charge in [0.2, 0.25) is 0 Å². The highest BCUT2D eigenvalue weighted by molar-refractivity contribution is 5.74. The summed E-state index contributed by atoms with van der Waals surface area (Å²) in [6.45, 7) is 1.57. The number of nitrogens with one attached hydrogen (secondary N) is 2. The lowest BCUT2D eigenvalue weighted by Crippen LogP contribution is -2.47. The molecule has 1 fully saturated rings. The van der Waals surface area contributed by atoms with Gasteiger partial charge < -0.3 is 15.2 Å². The highest BCUT2D eigenvalue weighted by atomic mass is 16.2. The molecule has 3 rings (SSSR count). The Kier molecular flexibility index (Phi) is 3.26. The van der Waals surface area contributed by atoms with E-state index >= 15 is 0 Å². The quantitative estimate of drug-likeness (QED) is 0.786. The second-order valence-electron chi connectivity index (χ2n) is 5.44. The normalized spacial score (nSPS) is 20.6. The molecule has 1 aromatic heterocycles. The second-order valence-corrected chi connectivity index (χ2v) is 5.44. The zero-order valence-electron chi connectivity index (χ0n) is 10.7. The van der Waals surface area contributed by atoms with Crippen LogP contribution in [0.25, 0.3) is 0 Å². The summed E-state index contributed by atoms with van der Waals surface area (Å²) >= 11 is 0. The third-order valence-electron chi connectivity index (χ3n) is 4.14.